The number of nitrogens with zero attached hydrogens (tertiary/aromatic N) is 7. The molecule has 2 atom stereocenters. The summed E-state index contributed by atoms with van der Waals surface area (Å²) in [6, 6.07) is 3.61. The van der Waals surface area contributed by atoms with Crippen LogP contribution in [0.25, 0.3) is 5.78 Å². The summed E-state index contributed by atoms with van der Waals surface area (Å²) in [5.74, 6) is -5.32. The van der Waals surface area contributed by atoms with Gasteiger partial charge in [-0.05, 0) is 43.7 Å². The molecule has 1 unspecified atom stereocenters. The number of carbonyl (C=O) groups is 5. The molecule has 0 saturated carbocycles. The highest BCUT2D eigenvalue weighted by atomic mass is 32.2. The number of aromatic hydroxyl groups is 2. The van der Waals surface area contributed by atoms with E-state index in [4.69, 9.17) is 10.6 Å². The highest BCUT2D eigenvalue weighted by Gasteiger charge is 2.54. The smallest absolute Gasteiger partial charge is 0.352 e. The van der Waals surface area contributed by atoms with Gasteiger partial charge in [-0.3, -0.25) is 34.9 Å². The van der Waals surface area contributed by atoms with Crippen LogP contribution in [-0.4, -0.2) is 119 Å². The Balaban J connectivity index is 1.15. The van der Waals surface area contributed by atoms with Crippen LogP contribution in [0.4, 0.5) is 5.13 Å². The first-order valence-electron chi connectivity index (χ1n) is 16.0. The highest BCUT2D eigenvalue weighted by Crippen LogP contribution is 2.42. The molecule has 3 aromatic heterocycles. The molecule has 56 heavy (non-hydrogen) atoms. The number of phenolic OH excluding ortho intramolecular Hbond substituents is 2. The van der Waals surface area contributed by atoms with E-state index >= 15 is 0 Å². The number of carboxylic acid groups (broad SMARTS) is 1. The molecule has 4 aromatic rings. The van der Waals surface area contributed by atoms with Crippen molar-refractivity contribution in [3.63, 3.8) is 0 Å². The minimum absolute atomic E-state index is 0.0555. The maximum Gasteiger partial charge on any atom is 0.352 e. The van der Waals surface area contributed by atoms with Crippen molar-refractivity contribution in [2.24, 2.45) is 5.16 Å². The molecular weight excluding hydrogens is 799 g/mol. The zero-order valence-electron chi connectivity index (χ0n) is 29.0. The maximum atomic E-state index is 13.7. The van der Waals surface area contributed by atoms with Crippen LogP contribution >= 0.6 is 34.9 Å². The van der Waals surface area contributed by atoms with E-state index in [9.17, 15) is 49.5 Å². The van der Waals surface area contributed by atoms with Crippen LogP contribution in [0.1, 0.15) is 41.4 Å². The van der Waals surface area contributed by atoms with E-state index in [0.717, 1.165) is 40.1 Å². The number of hydrogen-bond donors (Lipinski definition) is 9. The molecule has 0 radical (unpaired) electrons. The third-order valence-corrected chi connectivity index (χ3v) is 11.1. The molecule has 2 aliphatic heterocycles. The van der Waals surface area contributed by atoms with Crippen LogP contribution < -0.4 is 21.9 Å². The maximum absolute atomic E-state index is 13.7. The Bertz CT molecular complexity index is 2330. The second kappa shape index (κ2) is 16.0. The fourth-order valence-corrected chi connectivity index (χ4v) is 8.20. The standard InChI is InChI=1S/C31H31N11O11S3/c1-31(2,28(52)38-37-23(47)12-3-4-16(45)17(46)5-12)53-40-20(15-11-56-29(32)34-15)24(48)36-21-25(49)41-22(27(50)51)13(10-55-26(21)41)9-54-19-6-14(7-43)33-30-35-18(8-44)39-42(19)30/h3-6,11,21,26,43-46H,7-10H2,1-2H3,(H2,32,34)(H,36,48)(H,37,47)(H,38,52)(H,50,51)/t21?,26-/m1/s1. The number of thiazole rings is 1. The van der Waals surface area contributed by atoms with Crippen molar-refractivity contribution in [3.8, 4) is 11.5 Å². The Morgan fingerprint density at radius 1 is 1.09 bits per heavy atom. The van der Waals surface area contributed by atoms with Gasteiger partial charge in [0.2, 0.25) is 5.60 Å². The van der Waals surface area contributed by atoms with Crippen molar-refractivity contribution in [2.75, 3.05) is 17.2 Å². The number of amides is 4. The van der Waals surface area contributed by atoms with E-state index in [-0.39, 0.29) is 50.9 Å². The predicted octanol–water partition coefficient (Wildman–Crippen LogP) is -0.950. The SMILES string of the molecule is CC(C)(ON=C(C(=O)NC1C(=O)N2C(C(=O)O)=C(CSc3cc(CO)nc4nc(CO)nn34)CS[C@H]12)c1csc(N)n1)C(=O)NNC(=O)c1ccc(O)c(O)c1. The van der Waals surface area contributed by atoms with Crippen molar-refractivity contribution in [3.05, 3.63) is 63.7 Å². The number of hydrogen-bond acceptors (Lipinski definition) is 19. The zero-order chi connectivity index (χ0) is 40.5. The van der Waals surface area contributed by atoms with Crippen LogP contribution in [0.15, 0.2) is 51.1 Å². The summed E-state index contributed by atoms with van der Waals surface area (Å²) in [6.45, 7) is 1.70. The summed E-state index contributed by atoms with van der Waals surface area (Å²) in [4.78, 5) is 83.9. The summed E-state index contributed by atoms with van der Waals surface area (Å²) < 4.78 is 1.35. The molecule has 0 spiro atoms. The molecule has 0 bridgehead atoms. The van der Waals surface area contributed by atoms with Crippen LogP contribution in [0.3, 0.4) is 0 Å². The van der Waals surface area contributed by atoms with E-state index in [1.807, 2.05) is 0 Å². The van der Waals surface area contributed by atoms with E-state index in [2.05, 4.69) is 41.4 Å². The Morgan fingerprint density at radius 3 is 2.52 bits per heavy atom. The molecule has 6 rings (SSSR count). The van der Waals surface area contributed by atoms with Gasteiger partial charge in [0.1, 0.15) is 34.4 Å². The fraction of sp³-hybridized carbons (Fsp3) is 0.290. The van der Waals surface area contributed by atoms with Crippen LogP contribution in [0.5, 0.6) is 11.5 Å². The number of anilines is 1. The Hall–Kier alpha value is -6.02. The van der Waals surface area contributed by atoms with Gasteiger partial charge in [-0.1, -0.05) is 5.16 Å². The van der Waals surface area contributed by atoms with Gasteiger partial charge < -0.3 is 41.4 Å². The number of nitrogen functional groups attached to an aromatic ring is 1. The third-order valence-electron chi connectivity index (χ3n) is 8.03. The Morgan fingerprint density at radius 2 is 1.86 bits per heavy atom. The van der Waals surface area contributed by atoms with Crippen molar-refractivity contribution in [1.29, 1.82) is 0 Å². The molecule has 1 fully saturated rings. The first-order valence-corrected chi connectivity index (χ1v) is 18.9. The number of fused-ring (bicyclic) bond motifs is 2. The van der Waals surface area contributed by atoms with Crippen molar-refractivity contribution >= 4 is 81.1 Å². The Kier molecular flexibility index (Phi) is 11.3. The minimum atomic E-state index is -1.83. The average Bonchev–Trinajstić information content (AvgIpc) is 3.81. The summed E-state index contributed by atoms with van der Waals surface area (Å²) in [7, 11) is 0. The van der Waals surface area contributed by atoms with Crippen LogP contribution in [-0.2, 0) is 37.2 Å². The number of aliphatic hydroxyl groups is 2. The number of thioether (sulfide) groups is 2. The number of oxime groups is 1. The first kappa shape index (κ1) is 39.7. The number of aliphatic carboxylic acids is 1. The molecule has 2 aliphatic rings. The number of nitrogens with two attached hydrogens (primary N) is 1. The number of phenols is 2. The molecule has 294 valence electrons. The second-order valence-corrected chi connectivity index (χ2v) is 15.3. The summed E-state index contributed by atoms with van der Waals surface area (Å²) >= 11 is 3.34. The summed E-state index contributed by atoms with van der Waals surface area (Å²) in [5, 5.41) is 60.1. The van der Waals surface area contributed by atoms with E-state index < -0.39 is 77.0 Å². The van der Waals surface area contributed by atoms with Crippen molar-refractivity contribution < 1.29 is 54.3 Å². The van der Waals surface area contributed by atoms with E-state index in [1.165, 1.54) is 41.6 Å². The molecule has 10 N–H and O–H groups in total. The lowest BCUT2D eigenvalue weighted by Crippen LogP contribution is -2.71. The van der Waals surface area contributed by atoms with Gasteiger partial charge in [0.25, 0.3) is 29.4 Å². The number of rotatable bonds is 13. The van der Waals surface area contributed by atoms with Crippen molar-refractivity contribution in [2.45, 2.75) is 49.1 Å². The van der Waals surface area contributed by atoms with Gasteiger partial charge in [-0.2, -0.15) is 9.50 Å². The van der Waals surface area contributed by atoms with Gasteiger partial charge in [0, 0.05) is 22.4 Å². The number of carboxylic acids is 1. The van der Waals surface area contributed by atoms with Gasteiger partial charge in [-0.25, -0.2) is 14.8 Å². The number of benzene rings is 1. The van der Waals surface area contributed by atoms with Gasteiger partial charge in [0.05, 0.1) is 12.3 Å². The van der Waals surface area contributed by atoms with Gasteiger partial charge >= 0.3 is 5.97 Å². The summed E-state index contributed by atoms with van der Waals surface area (Å²) in [6.07, 6.45) is 0. The molecule has 4 amide bonds. The van der Waals surface area contributed by atoms with E-state index in [0.29, 0.717) is 10.6 Å². The quantitative estimate of drug-likeness (QED) is 0.0196. The van der Waals surface area contributed by atoms with Gasteiger partial charge in [-0.15, -0.1) is 40.0 Å². The molecule has 22 nitrogen and oxygen atoms in total. The molecule has 0 aliphatic carbocycles. The molecular formula is C31H31N11O11S3. The molecule has 25 heteroatoms. The molecule has 5 heterocycles. The largest absolute Gasteiger partial charge is 0.504 e. The molecule has 1 aromatic carbocycles. The average molecular weight is 830 g/mol. The first-order chi connectivity index (χ1) is 26.6. The summed E-state index contributed by atoms with van der Waals surface area (Å²) in [5.41, 5.74) is 8.03. The minimum Gasteiger partial charge on any atom is -0.504 e. The van der Waals surface area contributed by atoms with E-state index in [1.54, 1.807) is 6.07 Å². The molecule has 1 saturated heterocycles. The topological polar surface area (TPSA) is 329 Å². The number of carbonyl (C=O) groups excluding carboxylic acids is 4. The Labute approximate surface area is 326 Å². The zero-order valence-corrected chi connectivity index (χ0v) is 31.4. The number of aromatic nitrogens is 5. The van der Waals surface area contributed by atoms with Crippen LogP contribution in [0.2, 0.25) is 0 Å². The predicted molar refractivity (Wildman–Crippen MR) is 197 cm³/mol. The number of nitrogens with one attached hydrogen (secondary N) is 3. The number of aliphatic hydroxyl groups excluding tert-OH is 2. The lowest BCUT2D eigenvalue weighted by atomic mass is 10.0. The number of β-lactam (4-membered cyclic amide) rings is 1. The van der Waals surface area contributed by atoms with Crippen LogP contribution in [0, 0.1) is 0 Å². The number of hydrazine groups is 1. The second-order valence-electron chi connectivity index (χ2n) is 12.3. The monoisotopic (exact) mass is 829 g/mol. The van der Waals surface area contributed by atoms with Crippen molar-refractivity contribution in [1.82, 2.24) is 45.6 Å². The lowest BCUT2D eigenvalue weighted by Gasteiger charge is -2.49. The third kappa shape index (κ3) is 8.01. The highest BCUT2D eigenvalue weighted by molar-refractivity contribution is 8.01. The normalized spacial score (nSPS) is 17.0. The fourth-order valence-electron chi connectivity index (χ4n) is 5.15. The van der Waals surface area contributed by atoms with Gasteiger partial charge in [0.15, 0.2) is 28.2 Å². The lowest BCUT2D eigenvalue weighted by molar-refractivity contribution is -0.150.